The number of aromatic nitrogens is 2. The number of nitrogens with one attached hydrogen (secondary N) is 1. The summed E-state index contributed by atoms with van der Waals surface area (Å²) in [5, 5.41) is 7.59. The van der Waals surface area contributed by atoms with Crippen LogP contribution >= 0.6 is 0 Å². The highest BCUT2D eigenvalue weighted by Gasteiger charge is 2.11. The van der Waals surface area contributed by atoms with Crippen molar-refractivity contribution in [1.82, 2.24) is 15.1 Å². The molecular weight excluding hydrogens is 190 g/mol. The van der Waals surface area contributed by atoms with Gasteiger partial charge in [0, 0.05) is 18.4 Å². The summed E-state index contributed by atoms with van der Waals surface area (Å²) in [4.78, 5) is 0. The SMILES string of the molecule is c1cnn(CCOCC2CCCCN2)c1. The molecule has 0 aromatic carbocycles. The van der Waals surface area contributed by atoms with Crippen LogP contribution < -0.4 is 5.32 Å². The van der Waals surface area contributed by atoms with Gasteiger partial charge in [0.05, 0.1) is 19.8 Å². The predicted molar refractivity (Wildman–Crippen MR) is 58.7 cm³/mol. The van der Waals surface area contributed by atoms with Gasteiger partial charge in [-0.1, -0.05) is 6.42 Å². The third kappa shape index (κ3) is 3.64. The molecule has 1 aliphatic heterocycles. The normalized spacial score (nSPS) is 21.7. The molecule has 1 saturated heterocycles. The van der Waals surface area contributed by atoms with Gasteiger partial charge in [-0.2, -0.15) is 5.10 Å². The topological polar surface area (TPSA) is 39.1 Å². The second-order valence-electron chi connectivity index (χ2n) is 3.99. The minimum absolute atomic E-state index is 0.566. The zero-order valence-corrected chi connectivity index (χ0v) is 9.06. The second kappa shape index (κ2) is 5.88. The van der Waals surface area contributed by atoms with Gasteiger partial charge in [-0.3, -0.25) is 4.68 Å². The number of hydrogen-bond donors (Lipinski definition) is 1. The summed E-state index contributed by atoms with van der Waals surface area (Å²) in [7, 11) is 0. The smallest absolute Gasteiger partial charge is 0.0663 e. The lowest BCUT2D eigenvalue weighted by atomic mass is 10.1. The predicted octanol–water partition coefficient (Wildman–Crippen LogP) is 1.04. The minimum atomic E-state index is 0.566. The lowest BCUT2D eigenvalue weighted by Gasteiger charge is -2.23. The average molecular weight is 209 g/mol. The van der Waals surface area contributed by atoms with E-state index in [9.17, 15) is 0 Å². The van der Waals surface area contributed by atoms with E-state index in [-0.39, 0.29) is 0 Å². The summed E-state index contributed by atoms with van der Waals surface area (Å²) >= 11 is 0. The molecule has 0 spiro atoms. The Morgan fingerprint density at radius 2 is 2.47 bits per heavy atom. The first-order valence-electron chi connectivity index (χ1n) is 5.74. The molecule has 1 fully saturated rings. The molecule has 4 heteroatoms. The molecule has 0 amide bonds. The lowest BCUT2D eigenvalue weighted by molar-refractivity contribution is 0.0950. The first-order chi connectivity index (χ1) is 7.45. The number of rotatable bonds is 5. The monoisotopic (exact) mass is 209 g/mol. The van der Waals surface area contributed by atoms with Gasteiger partial charge in [0.2, 0.25) is 0 Å². The van der Waals surface area contributed by atoms with Crippen molar-refractivity contribution in [2.75, 3.05) is 19.8 Å². The summed E-state index contributed by atoms with van der Waals surface area (Å²) in [5.74, 6) is 0. The van der Waals surface area contributed by atoms with Crippen molar-refractivity contribution in [3.05, 3.63) is 18.5 Å². The quantitative estimate of drug-likeness (QED) is 0.736. The van der Waals surface area contributed by atoms with Gasteiger partial charge >= 0.3 is 0 Å². The second-order valence-corrected chi connectivity index (χ2v) is 3.99. The van der Waals surface area contributed by atoms with E-state index in [0.29, 0.717) is 6.04 Å². The molecule has 15 heavy (non-hydrogen) atoms. The first kappa shape index (κ1) is 10.6. The van der Waals surface area contributed by atoms with Gasteiger partial charge < -0.3 is 10.1 Å². The lowest BCUT2D eigenvalue weighted by Crippen LogP contribution is -2.37. The Morgan fingerprint density at radius 3 is 3.20 bits per heavy atom. The van der Waals surface area contributed by atoms with Gasteiger partial charge in [-0.05, 0) is 25.5 Å². The molecule has 4 nitrogen and oxygen atoms in total. The molecule has 1 aromatic rings. The van der Waals surface area contributed by atoms with Crippen molar-refractivity contribution in [2.45, 2.75) is 31.8 Å². The summed E-state index contributed by atoms with van der Waals surface area (Å²) in [6, 6.07) is 2.50. The van der Waals surface area contributed by atoms with Crippen molar-refractivity contribution >= 4 is 0 Å². The maximum Gasteiger partial charge on any atom is 0.0663 e. The van der Waals surface area contributed by atoms with Gasteiger partial charge in [0.25, 0.3) is 0 Å². The molecule has 0 aliphatic carbocycles. The molecule has 0 radical (unpaired) electrons. The van der Waals surface area contributed by atoms with Gasteiger partial charge in [0.1, 0.15) is 0 Å². The molecule has 1 aromatic heterocycles. The highest BCUT2D eigenvalue weighted by molar-refractivity contribution is 4.77. The number of piperidine rings is 1. The van der Waals surface area contributed by atoms with E-state index in [2.05, 4.69) is 10.4 Å². The van der Waals surface area contributed by atoms with Crippen LogP contribution in [-0.4, -0.2) is 35.6 Å². The largest absolute Gasteiger partial charge is 0.378 e. The van der Waals surface area contributed by atoms with Crippen LogP contribution in [0.4, 0.5) is 0 Å². The summed E-state index contributed by atoms with van der Waals surface area (Å²) in [6.45, 7) is 3.58. The van der Waals surface area contributed by atoms with Crippen LogP contribution in [0.5, 0.6) is 0 Å². The van der Waals surface area contributed by atoms with Crippen LogP contribution in [0, 0.1) is 0 Å². The first-order valence-corrected chi connectivity index (χ1v) is 5.74. The highest BCUT2D eigenvalue weighted by Crippen LogP contribution is 2.06. The molecule has 2 heterocycles. The van der Waals surface area contributed by atoms with Crippen molar-refractivity contribution < 1.29 is 4.74 Å². The van der Waals surface area contributed by atoms with Crippen LogP contribution in [0.1, 0.15) is 19.3 Å². The van der Waals surface area contributed by atoms with Crippen LogP contribution in [-0.2, 0) is 11.3 Å². The van der Waals surface area contributed by atoms with E-state index in [4.69, 9.17) is 4.74 Å². The fraction of sp³-hybridized carbons (Fsp3) is 0.727. The Kier molecular flexibility index (Phi) is 4.17. The van der Waals surface area contributed by atoms with Gasteiger partial charge in [-0.25, -0.2) is 0 Å². The molecule has 1 atom stereocenters. The van der Waals surface area contributed by atoms with Crippen LogP contribution in [0.2, 0.25) is 0 Å². The van der Waals surface area contributed by atoms with E-state index in [1.54, 1.807) is 6.20 Å². The average Bonchev–Trinajstić information content (AvgIpc) is 2.79. The molecule has 0 bridgehead atoms. The molecule has 1 N–H and O–H groups in total. The standard InChI is InChI=1S/C11H19N3O/c1-2-5-12-11(4-1)10-15-9-8-14-7-3-6-13-14/h3,6-7,11-12H,1-2,4-5,8-10H2. The van der Waals surface area contributed by atoms with Crippen LogP contribution in [0.15, 0.2) is 18.5 Å². The molecule has 0 saturated carbocycles. The molecule has 1 aliphatic rings. The van der Waals surface area contributed by atoms with E-state index in [1.807, 2.05) is 16.9 Å². The van der Waals surface area contributed by atoms with Crippen LogP contribution in [0.25, 0.3) is 0 Å². The van der Waals surface area contributed by atoms with Crippen molar-refractivity contribution in [2.24, 2.45) is 0 Å². The third-order valence-electron chi connectivity index (χ3n) is 2.76. The minimum Gasteiger partial charge on any atom is -0.378 e. The Balaban J connectivity index is 1.54. The Hall–Kier alpha value is -0.870. The molecular formula is C11H19N3O. The number of nitrogens with zero attached hydrogens (tertiary/aromatic N) is 2. The Morgan fingerprint density at radius 1 is 1.47 bits per heavy atom. The molecule has 84 valence electrons. The third-order valence-corrected chi connectivity index (χ3v) is 2.76. The summed E-state index contributed by atoms with van der Waals surface area (Å²) in [6.07, 6.45) is 7.65. The van der Waals surface area contributed by atoms with E-state index in [1.165, 1.54) is 19.3 Å². The maximum atomic E-state index is 5.62. The Bertz CT molecular complexity index is 255. The Labute approximate surface area is 90.6 Å². The molecule has 2 rings (SSSR count). The molecule has 1 unspecified atom stereocenters. The van der Waals surface area contributed by atoms with E-state index in [0.717, 1.165) is 26.3 Å². The van der Waals surface area contributed by atoms with E-state index < -0.39 is 0 Å². The van der Waals surface area contributed by atoms with Crippen molar-refractivity contribution in [3.8, 4) is 0 Å². The van der Waals surface area contributed by atoms with E-state index >= 15 is 0 Å². The fourth-order valence-electron chi connectivity index (χ4n) is 1.88. The number of ether oxygens (including phenoxy) is 1. The fourth-order valence-corrected chi connectivity index (χ4v) is 1.88. The van der Waals surface area contributed by atoms with Gasteiger partial charge in [0.15, 0.2) is 0 Å². The summed E-state index contributed by atoms with van der Waals surface area (Å²) < 4.78 is 7.52. The number of hydrogen-bond acceptors (Lipinski definition) is 3. The zero-order chi connectivity index (χ0) is 10.3. The zero-order valence-electron chi connectivity index (χ0n) is 9.06. The highest BCUT2D eigenvalue weighted by atomic mass is 16.5. The maximum absolute atomic E-state index is 5.62. The summed E-state index contributed by atoms with van der Waals surface area (Å²) in [5.41, 5.74) is 0. The van der Waals surface area contributed by atoms with Crippen molar-refractivity contribution in [3.63, 3.8) is 0 Å². The van der Waals surface area contributed by atoms with Gasteiger partial charge in [-0.15, -0.1) is 0 Å². The van der Waals surface area contributed by atoms with Crippen molar-refractivity contribution in [1.29, 1.82) is 0 Å². The van der Waals surface area contributed by atoms with Crippen LogP contribution in [0.3, 0.4) is 0 Å².